The van der Waals surface area contributed by atoms with Gasteiger partial charge in [0.05, 0.1) is 24.4 Å². The first-order valence-corrected chi connectivity index (χ1v) is 6.94. The molecular weight excluding hydrogens is 240 g/mol. The highest BCUT2D eigenvalue weighted by molar-refractivity contribution is 5.35. The first-order valence-electron chi connectivity index (χ1n) is 6.94. The van der Waals surface area contributed by atoms with Gasteiger partial charge in [-0.25, -0.2) is 9.97 Å². The summed E-state index contributed by atoms with van der Waals surface area (Å²) in [4.78, 5) is 11.1. The van der Waals surface area contributed by atoms with Gasteiger partial charge in [-0.15, -0.1) is 0 Å². The van der Waals surface area contributed by atoms with E-state index in [-0.39, 0.29) is 6.04 Å². The SMILES string of the molecule is COc1ncnc(C(C)C)c1C1CN(C)CCCN1. The standard InChI is InChI=1S/C14H24N4O/c1-10(2)13-12(14(19-4)17-9-16-13)11-8-18(3)7-5-6-15-11/h9-11,15H,5-8H2,1-4H3. The highest BCUT2D eigenvalue weighted by Crippen LogP contribution is 2.30. The van der Waals surface area contributed by atoms with Crippen LogP contribution < -0.4 is 10.1 Å². The van der Waals surface area contributed by atoms with Crippen molar-refractivity contribution in [2.24, 2.45) is 0 Å². The third-order valence-corrected chi connectivity index (χ3v) is 3.57. The van der Waals surface area contributed by atoms with Crippen LogP contribution in [0.15, 0.2) is 6.33 Å². The molecule has 19 heavy (non-hydrogen) atoms. The quantitative estimate of drug-likeness (QED) is 0.898. The molecule has 1 unspecified atom stereocenters. The molecule has 1 aliphatic rings. The molecule has 2 heterocycles. The van der Waals surface area contributed by atoms with Crippen LogP contribution in [0.4, 0.5) is 0 Å². The minimum Gasteiger partial charge on any atom is -0.481 e. The fourth-order valence-corrected chi connectivity index (χ4v) is 2.63. The maximum absolute atomic E-state index is 5.46. The number of likely N-dealkylation sites (N-methyl/N-ethyl adjacent to an activating group) is 1. The lowest BCUT2D eigenvalue weighted by Crippen LogP contribution is -2.30. The van der Waals surface area contributed by atoms with Crippen molar-refractivity contribution in [3.63, 3.8) is 0 Å². The van der Waals surface area contributed by atoms with Crippen molar-refractivity contribution in [2.75, 3.05) is 33.8 Å². The summed E-state index contributed by atoms with van der Waals surface area (Å²) in [6.07, 6.45) is 2.76. The van der Waals surface area contributed by atoms with E-state index in [1.807, 2.05) is 0 Å². The Morgan fingerprint density at radius 2 is 2.21 bits per heavy atom. The number of nitrogens with one attached hydrogen (secondary N) is 1. The zero-order valence-electron chi connectivity index (χ0n) is 12.3. The van der Waals surface area contributed by atoms with Gasteiger partial charge in [0.15, 0.2) is 0 Å². The summed E-state index contributed by atoms with van der Waals surface area (Å²) in [6.45, 7) is 7.42. The van der Waals surface area contributed by atoms with Crippen molar-refractivity contribution in [1.82, 2.24) is 20.2 Å². The predicted molar refractivity (Wildman–Crippen MR) is 75.5 cm³/mol. The van der Waals surface area contributed by atoms with E-state index in [1.54, 1.807) is 13.4 Å². The molecule has 1 aliphatic heterocycles. The Hall–Kier alpha value is -1.20. The molecule has 0 saturated carbocycles. The zero-order valence-corrected chi connectivity index (χ0v) is 12.3. The molecule has 1 aromatic rings. The van der Waals surface area contributed by atoms with Crippen molar-refractivity contribution in [3.05, 3.63) is 17.6 Å². The fourth-order valence-electron chi connectivity index (χ4n) is 2.63. The average Bonchev–Trinajstić information content (AvgIpc) is 2.62. The number of aromatic nitrogens is 2. The molecule has 0 aromatic carbocycles. The van der Waals surface area contributed by atoms with Gasteiger partial charge in [-0.2, -0.15) is 0 Å². The van der Waals surface area contributed by atoms with E-state index in [1.165, 1.54) is 6.42 Å². The van der Waals surface area contributed by atoms with Crippen LogP contribution in [-0.4, -0.2) is 48.7 Å². The summed E-state index contributed by atoms with van der Waals surface area (Å²) in [5.41, 5.74) is 2.20. The normalized spacial score (nSPS) is 21.4. The van der Waals surface area contributed by atoms with E-state index in [0.717, 1.165) is 30.9 Å². The third-order valence-electron chi connectivity index (χ3n) is 3.57. The molecule has 106 valence electrons. The smallest absolute Gasteiger partial charge is 0.221 e. The highest BCUT2D eigenvalue weighted by Gasteiger charge is 2.25. The van der Waals surface area contributed by atoms with E-state index in [0.29, 0.717) is 11.8 Å². The monoisotopic (exact) mass is 264 g/mol. The molecule has 1 fully saturated rings. The molecule has 0 aliphatic carbocycles. The second-order valence-corrected chi connectivity index (χ2v) is 5.46. The zero-order chi connectivity index (χ0) is 13.8. The lowest BCUT2D eigenvalue weighted by molar-refractivity contribution is 0.316. The van der Waals surface area contributed by atoms with Crippen LogP contribution in [0.1, 0.15) is 43.5 Å². The van der Waals surface area contributed by atoms with Gasteiger partial charge in [0.25, 0.3) is 0 Å². The maximum Gasteiger partial charge on any atom is 0.221 e. The topological polar surface area (TPSA) is 50.3 Å². The molecule has 1 N–H and O–H groups in total. The number of nitrogens with zero attached hydrogens (tertiary/aromatic N) is 3. The summed E-state index contributed by atoms with van der Waals surface area (Å²) in [5.74, 6) is 1.06. The van der Waals surface area contributed by atoms with Gasteiger partial charge < -0.3 is 15.0 Å². The van der Waals surface area contributed by atoms with Crippen LogP contribution in [0.2, 0.25) is 0 Å². The van der Waals surface area contributed by atoms with Gasteiger partial charge in [-0.1, -0.05) is 13.8 Å². The number of hydrogen-bond donors (Lipinski definition) is 1. The Bertz CT molecular complexity index is 422. The molecule has 1 atom stereocenters. The van der Waals surface area contributed by atoms with Crippen molar-refractivity contribution < 1.29 is 4.74 Å². The van der Waals surface area contributed by atoms with Gasteiger partial charge in [0.1, 0.15) is 6.33 Å². The summed E-state index contributed by atoms with van der Waals surface area (Å²) < 4.78 is 5.46. The van der Waals surface area contributed by atoms with Gasteiger partial charge in [0, 0.05) is 6.54 Å². The summed E-state index contributed by atoms with van der Waals surface area (Å²) in [7, 11) is 3.83. The molecule has 0 radical (unpaired) electrons. The molecule has 5 nitrogen and oxygen atoms in total. The van der Waals surface area contributed by atoms with Crippen molar-refractivity contribution in [1.29, 1.82) is 0 Å². The number of hydrogen-bond acceptors (Lipinski definition) is 5. The summed E-state index contributed by atoms with van der Waals surface area (Å²) in [5, 5.41) is 3.60. The van der Waals surface area contributed by atoms with E-state index >= 15 is 0 Å². The van der Waals surface area contributed by atoms with Gasteiger partial charge in [0.2, 0.25) is 5.88 Å². The van der Waals surface area contributed by atoms with Crippen molar-refractivity contribution in [3.8, 4) is 5.88 Å². The van der Waals surface area contributed by atoms with E-state index in [9.17, 15) is 0 Å². The molecule has 0 amide bonds. The van der Waals surface area contributed by atoms with Crippen LogP contribution in [-0.2, 0) is 0 Å². The Kier molecular flexibility index (Phi) is 4.71. The Morgan fingerprint density at radius 1 is 1.42 bits per heavy atom. The second-order valence-electron chi connectivity index (χ2n) is 5.46. The minimum absolute atomic E-state index is 0.237. The highest BCUT2D eigenvalue weighted by atomic mass is 16.5. The lowest BCUT2D eigenvalue weighted by Gasteiger charge is -2.24. The first kappa shape index (κ1) is 14.2. The predicted octanol–water partition coefficient (Wildman–Crippen LogP) is 1.57. The molecule has 0 spiro atoms. The van der Waals surface area contributed by atoms with Crippen LogP contribution in [0.3, 0.4) is 0 Å². The molecule has 0 bridgehead atoms. The van der Waals surface area contributed by atoms with E-state index < -0.39 is 0 Å². The fraction of sp³-hybridized carbons (Fsp3) is 0.714. The van der Waals surface area contributed by atoms with Crippen molar-refractivity contribution >= 4 is 0 Å². The second kappa shape index (κ2) is 6.30. The van der Waals surface area contributed by atoms with Crippen LogP contribution in [0, 0.1) is 0 Å². The van der Waals surface area contributed by atoms with Gasteiger partial charge in [-0.3, -0.25) is 0 Å². The molecule has 2 rings (SSSR count). The first-order chi connectivity index (χ1) is 9.13. The lowest BCUT2D eigenvalue weighted by atomic mass is 9.98. The van der Waals surface area contributed by atoms with Crippen molar-refractivity contribution in [2.45, 2.75) is 32.2 Å². The van der Waals surface area contributed by atoms with E-state index in [4.69, 9.17) is 4.74 Å². The van der Waals surface area contributed by atoms with Crippen LogP contribution in [0.5, 0.6) is 5.88 Å². The summed E-state index contributed by atoms with van der Waals surface area (Å²) in [6, 6.07) is 0.237. The van der Waals surface area contributed by atoms with Gasteiger partial charge in [-0.05, 0) is 32.5 Å². The Labute approximate surface area is 115 Å². The molecule has 1 saturated heterocycles. The Balaban J connectivity index is 2.40. The maximum atomic E-state index is 5.46. The number of ether oxygens (including phenoxy) is 1. The third kappa shape index (κ3) is 3.22. The largest absolute Gasteiger partial charge is 0.481 e. The van der Waals surface area contributed by atoms with E-state index in [2.05, 4.69) is 41.1 Å². The molecule has 1 aromatic heterocycles. The molecular formula is C14H24N4O. The minimum atomic E-state index is 0.237. The Morgan fingerprint density at radius 3 is 2.89 bits per heavy atom. The summed E-state index contributed by atoms with van der Waals surface area (Å²) >= 11 is 0. The van der Waals surface area contributed by atoms with Crippen LogP contribution >= 0.6 is 0 Å². The average molecular weight is 264 g/mol. The molecule has 5 heteroatoms. The number of rotatable bonds is 3. The number of methoxy groups -OCH3 is 1. The van der Waals surface area contributed by atoms with Crippen LogP contribution in [0.25, 0.3) is 0 Å². The van der Waals surface area contributed by atoms with Gasteiger partial charge >= 0.3 is 0 Å².